The molecule has 35 heavy (non-hydrogen) atoms. The van der Waals surface area contributed by atoms with E-state index in [1.165, 1.54) is 28.6 Å². The lowest BCUT2D eigenvalue weighted by Crippen LogP contribution is -2.30. The van der Waals surface area contributed by atoms with Crippen LogP contribution in [0.2, 0.25) is 0 Å². The summed E-state index contributed by atoms with van der Waals surface area (Å²) in [4.78, 5) is 12.7. The number of hydrogen-bond acceptors (Lipinski definition) is 7. The molecule has 0 fully saturated rings. The van der Waals surface area contributed by atoms with Crippen molar-refractivity contribution < 1.29 is 22.4 Å². The zero-order valence-electron chi connectivity index (χ0n) is 19.2. The average molecular weight is 493 g/mol. The van der Waals surface area contributed by atoms with Gasteiger partial charge in [-0.15, -0.1) is 5.10 Å². The van der Waals surface area contributed by atoms with Crippen molar-refractivity contribution in [2.24, 2.45) is 0 Å². The lowest BCUT2D eigenvalue weighted by Gasteiger charge is -2.20. The number of rotatable bonds is 9. The Kier molecular flexibility index (Phi) is 7.23. The largest absolute Gasteiger partial charge is 0.497 e. The highest BCUT2D eigenvalue weighted by molar-refractivity contribution is 7.89. The number of anilines is 1. The summed E-state index contributed by atoms with van der Waals surface area (Å²) in [5.41, 5.74) is 1.78. The Morgan fingerprint density at radius 2 is 1.74 bits per heavy atom. The number of nitrogens with zero attached hydrogens (tertiary/aromatic N) is 3. The van der Waals surface area contributed by atoms with Crippen molar-refractivity contribution in [1.29, 1.82) is 0 Å². The van der Waals surface area contributed by atoms with E-state index in [9.17, 15) is 13.2 Å². The Labute approximate surface area is 203 Å². The van der Waals surface area contributed by atoms with Gasteiger partial charge < -0.3 is 9.15 Å². The van der Waals surface area contributed by atoms with Crippen molar-refractivity contribution in [3.05, 3.63) is 90.0 Å². The van der Waals surface area contributed by atoms with Crippen LogP contribution in [-0.2, 0) is 16.6 Å². The predicted octanol–water partition coefficient (Wildman–Crippen LogP) is 4.21. The van der Waals surface area contributed by atoms with E-state index < -0.39 is 15.9 Å². The fourth-order valence-electron chi connectivity index (χ4n) is 3.40. The number of aromatic nitrogens is 2. The summed E-state index contributed by atoms with van der Waals surface area (Å²) < 4.78 is 38.3. The fraction of sp³-hybridized carbons (Fsp3) is 0.160. The molecule has 1 heterocycles. The monoisotopic (exact) mass is 492 g/mol. The number of ether oxygens (including phenoxy) is 1. The molecule has 10 heteroatoms. The van der Waals surface area contributed by atoms with Gasteiger partial charge in [0, 0.05) is 24.2 Å². The minimum absolute atomic E-state index is 0.0791. The van der Waals surface area contributed by atoms with Gasteiger partial charge in [0.25, 0.3) is 5.91 Å². The van der Waals surface area contributed by atoms with Gasteiger partial charge in [-0.05, 0) is 48.0 Å². The maximum absolute atomic E-state index is 13.1. The number of sulfonamides is 1. The number of carbonyl (C=O) groups excluding carboxylic acids is 1. The molecular formula is C25H24N4O5S. The van der Waals surface area contributed by atoms with Gasteiger partial charge in [-0.25, -0.2) is 8.42 Å². The molecule has 0 aliphatic heterocycles. The van der Waals surface area contributed by atoms with Crippen molar-refractivity contribution in [3.63, 3.8) is 0 Å². The molecule has 4 aromatic rings. The Bertz CT molecular complexity index is 1400. The molecule has 0 spiro atoms. The maximum atomic E-state index is 13.1. The Morgan fingerprint density at radius 1 is 1.00 bits per heavy atom. The van der Waals surface area contributed by atoms with Gasteiger partial charge in [0.05, 0.1) is 12.0 Å². The number of hydrogen-bond donors (Lipinski definition) is 1. The van der Waals surface area contributed by atoms with Crippen LogP contribution < -0.4 is 10.1 Å². The van der Waals surface area contributed by atoms with E-state index in [-0.39, 0.29) is 28.9 Å². The van der Waals surface area contributed by atoms with Gasteiger partial charge in [0.15, 0.2) is 0 Å². The van der Waals surface area contributed by atoms with Crippen LogP contribution in [0.25, 0.3) is 11.5 Å². The van der Waals surface area contributed by atoms with Crippen molar-refractivity contribution in [1.82, 2.24) is 14.5 Å². The van der Waals surface area contributed by atoms with Crippen molar-refractivity contribution in [3.8, 4) is 17.2 Å². The molecular weight excluding hydrogens is 468 g/mol. The molecule has 4 rings (SSSR count). The van der Waals surface area contributed by atoms with Crippen LogP contribution in [0, 0.1) is 0 Å². The number of methoxy groups -OCH3 is 1. The second-order valence-corrected chi connectivity index (χ2v) is 9.48. The molecule has 0 atom stereocenters. The second-order valence-electron chi connectivity index (χ2n) is 7.54. The van der Waals surface area contributed by atoms with Crippen LogP contribution in [0.5, 0.6) is 5.75 Å². The van der Waals surface area contributed by atoms with Crippen LogP contribution in [-0.4, -0.2) is 42.5 Å². The lowest BCUT2D eigenvalue weighted by atomic mass is 10.2. The second kappa shape index (κ2) is 10.5. The highest BCUT2D eigenvalue weighted by Crippen LogP contribution is 2.24. The fourth-order valence-corrected chi connectivity index (χ4v) is 4.83. The predicted molar refractivity (Wildman–Crippen MR) is 130 cm³/mol. The van der Waals surface area contributed by atoms with Crippen LogP contribution in [0.15, 0.2) is 88.2 Å². The third-order valence-electron chi connectivity index (χ3n) is 5.27. The number of nitrogens with one attached hydrogen (secondary N) is 1. The molecule has 0 radical (unpaired) electrons. The quantitative estimate of drug-likeness (QED) is 0.372. The normalized spacial score (nSPS) is 11.4. The molecule has 0 aliphatic carbocycles. The summed E-state index contributed by atoms with van der Waals surface area (Å²) >= 11 is 0. The van der Waals surface area contributed by atoms with E-state index in [0.717, 1.165) is 5.56 Å². The maximum Gasteiger partial charge on any atom is 0.322 e. The smallest absolute Gasteiger partial charge is 0.322 e. The number of benzene rings is 3. The third-order valence-corrected chi connectivity index (χ3v) is 7.21. The summed E-state index contributed by atoms with van der Waals surface area (Å²) in [6, 6.07) is 22.1. The third kappa shape index (κ3) is 5.56. The van der Waals surface area contributed by atoms with Crippen LogP contribution >= 0.6 is 0 Å². The first-order chi connectivity index (χ1) is 16.9. The van der Waals surface area contributed by atoms with E-state index in [4.69, 9.17) is 9.15 Å². The lowest BCUT2D eigenvalue weighted by molar-refractivity contribution is 0.102. The summed E-state index contributed by atoms with van der Waals surface area (Å²) in [5.74, 6) is 0.344. The van der Waals surface area contributed by atoms with Crippen LogP contribution in [0.3, 0.4) is 0 Å². The van der Waals surface area contributed by atoms with Gasteiger partial charge in [-0.2, -0.15) is 4.31 Å². The summed E-state index contributed by atoms with van der Waals surface area (Å²) in [7, 11) is -2.18. The van der Waals surface area contributed by atoms with Gasteiger partial charge in [0.1, 0.15) is 5.75 Å². The summed E-state index contributed by atoms with van der Waals surface area (Å²) in [6.45, 7) is 2.35. The molecule has 180 valence electrons. The van der Waals surface area contributed by atoms with E-state index in [0.29, 0.717) is 17.9 Å². The molecule has 0 bridgehead atoms. The number of carbonyl (C=O) groups is 1. The zero-order valence-corrected chi connectivity index (χ0v) is 20.0. The molecule has 0 unspecified atom stereocenters. The van der Waals surface area contributed by atoms with Gasteiger partial charge in [-0.3, -0.25) is 10.1 Å². The van der Waals surface area contributed by atoms with Gasteiger partial charge in [-0.1, -0.05) is 48.4 Å². The molecule has 0 saturated carbocycles. The van der Waals surface area contributed by atoms with Crippen LogP contribution in [0.4, 0.5) is 6.01 Å². The van der Waals surface area contributed by atoms with Gasteiger partial charge in [0.2, 0.25) is 15.9 Å². The molecule has 1 aromatic heterocycles. The van der Waals surface area contributed by atoms with Crippen molar-refractivity contribution in [2.75, 3.05) is 19.0 Å². The summed E-state index contributed by atoms with van der Waals surface area (Å²) in [5, 5.41) is 10.3. The zero-order chi connectivity index (χ0) is 24.8. The minimum Gasteiger partial charge on any atom is -0.497 e. The van der Waals surface area contributed by atoms with Gasteiger partial charge >= 0.3 is 6.01 Å². The molecule has 3 aromatic carbocycles. The number of amides is 1. The molecule has 0 saturated heterocycles. The Balaban J connectivity index is 1.45. The first kappa shape index (κ1) is 24.1. The summed E-state index contributed by atoms with van der Waals surface area (Å²) in [6.07, 6.45) is 0. The SMILES string of the molecule is CCN(Cc1ccccc1)S(=O)(=O)c1ccc(C(=O)Nc2nnc(-c3cccc(OC)c3)o2)cc1. The van der Waals surface area contributed by atoms with Crippen molar-refractivity contribution >= 4 is 21.9 Å². The molecule has 9 nitrogen and oxygen atoms in total. The van der Waals surface area contributed by atoms with Crippen LogP contribution in [0.1, 0.15) is 22.8 Å². The molecule has 1 amide bonds. The van der Waals surface area contributed by atoms with E-state index in [1.54, 1.807) is 38.3 Å². The molecule has 1 N–H and O–H groups in total. The minimum atomic E-state index is -3.73. The first-order valence-electron chi connectivity index (χ1n) is 10.8. The molecule has 0 aliphatic rings. The van der Waals surface area contributed by atoms with E-state index in [1.807, 2.05) is 30.3 Å². The topological polar surface area (TPSA) is 115 Å². The van der Waals surface area contributed by atoms with E-state index in [2.05, 4.69) is 15.5 Å². The highest BCUT2D eigenvalue weighted by atomic mass is 32.2. The average Bonchev–Trinajstić information content (AvgIpc) is 3.36. The van der Waals surface area contributed by atoms with Crippen molar-refractivity contribution in [2.45, 2.75) is 18.4 Å². The highest BCUT2D eigenvalue weighted by Gasteiger charge is 2.24. The first-order valence-corrected chi connectivity index (χ1v) is 12.3. The Hall–Kier alpha value is -4.02. The van der Waals surface area contributed by atoms with E-state index >= 15 is 0 Å². The Morgan fingerprint density at radius 3 is 2.43 bits per heavy atom. The standard InChI is InChI=1S/C25H24N4O5S/c1-3-29(17-18-8-5-4-6-9-18)35(31,32)22-14-12-19(13-15-22)23(30)26-25-28-27-24(34-25)20-10-7-11-21(16-20)33-2/h4-16H,3,17H2,1-2H3,(H,26,28,30).